The first kappa shape index (κ1) is 15.1. The summed E-state index contributed by atoms with van der Waals surface area (Å²) >= 11 is 0. The summed E-state index contributed by atoms with van der Waals surface area (Å²) < 4.78 is 15.0. The Morgan fingerprint density at radius 3 is 2.81 bits per heavy atom. The molecule has 0 aliphatic rings. The molecule has 0 unspecified atom stereocenters. The van der Waals surface area contributed by atoms with Crippen molar-refractivity contribution in [1.82, 2.24) is 0 Å². The topological polar surface area (TPSA) is 65.7 Å². The monoisotopic (exact) mass is 290 g/mol. The molecule has 21 heavy (non-hydrogen) atoms. The van der Waals surface area contributed by atoms with Crippen LogP contribution < -0.4 is 10.4 Å². The molecular formula is C16H18O5. The van der Waals surface area contributed by atoms with Crippen LogP contribution in [0.2, 0.25) is 0 Å². The van der Waals surface area contributed by atoms with Gasteiger partial charge in [-0.05, 0) is 30.5 Å². The fraction of sp³-hybridized carbons (Fsp3) is 0.375. The molecule has 0 amide bonds. The van der Waals surface area contributed by atoms with Crippen molar-refractivity contribution in [2.75, 3.05) is 13.7 Å². The summed E-state index contributed by atoms with van der Waals surface area (Å²) in [5, 5.41) is 0.897. The first-order valence-electron chi connectivity index (χ1n) is 6.90. The van der Waals surface area contributed by atoms with Crippen molar-refractivity contribution in [3.05, 3.63) is 40.2 Å². The summed E-state index contributed by atoms with van der Waals surface area (Å²) in [6, 6.07) is 6.75. The van der Waals surface area contributed by atoms with Gasteiger partial charge in [-0.1, -0.05) is 13.3 Å². The molecule has 5 heteroatoms. The Morgan fingerprint density at radius 1 is 1.29 bits per heavy atom. The molecule has 0 N–H and O–H groups in total. The largest absolute Gasteiger partial charge is 0.482 e. The Labute approximate surface area is 122 Å². The molecule has 0 fully saturated rings. The Balaban J connectivity index is 2.30. The fourth-order valence-electron chi connectivity index (χ4n) is 2.08. The van der Waals surface area contributed by atoms with E-state index in [0.29, 0.717) is 11.3 Å². The number of ether oxygens (including phenoxy) is 2. The quantitative estimate of drug-likeness (QED) is 0.604. The van der Waals surface area contributed by atoms with Gasteiger partial charge in [-0.3, -0.25) is 0 Å². The summed E-state index contributed by atoms with van der Waals surface area (Å²) in [5.74, 6) is -0.00284. The van der Waals surface area contributed by atoms with Gasteiger partial charge in [0.05, 0.1) is 7.11 Å². The zero-order valence-electron chi connectivity index (χ0n) is 12.2. The number of rotatable bonds is 6. The Morgan fingerprint density at radius 2 is 2.10 bits per heavy atom. The summed E-state index contributed by atoms with van der Waals surface area (Å²) in [6.07, 6.45) is 2.90. The molecule has 0 atom stereocenters. The molecule has 1 aromatic carbocycles. The predicted octanol–water partition coefficient (Wildman–Crippen LogP) is 2.69. The lowest BCUT2D eigenvalue weighted by Gasteiger charge is -2.08. The maximum Gasteiger partial charge on any atom is 0.343 e. The average Bonchev–Trinajstić information content (AvgIpc) is 2.49. The summed E-state index contributed by atoms with van der Waals surface area (Å²) in [4.78, 5) is 22.7. The molecule has 0 radical (unpaired) electrons. The van der Waals surface area contributed by atoms with Crippen molar-refractivity contribution in [3.63, 3.8) is 0 Å². The van der Waals surface area contributed by atoms with Crippen molar-refractivity contribution in [2.24, 2.45) is 0 Å². The van der Waals surface area contributed by atoms with Gasteiger partial charge in [0.25, 0.3) is 0 Å². The van der Waals surface area contributed by atoms with E-state index in [1.54, 1.807) is 12.1 Å². The van der Waals surface area contributed by atoms with Gasteiger partial charge in [0.1, 0.15) is 11.3 Å². The Hall–Kier alpha value is -2.30. The van der Waals surface area contributed by atoms with Crippen LogP contribution >= 0.6 is 0 Å². The van der Waals surface area contributed by atoms with Gasteiger partial charge in [0.15, 0.2) is 6.61 Å². The van der Waals surface area contributed by atoms with Crippen LogP contribution in [0.1, 0.15) is 25.3 Å². The first-order chi connectivity index (χ1) is 10.1. The summed E-state index contributed by atoms with van der Waals surface area (Å²) in [5.41, 5.74) is 1.07. The highest BCUT2D eigenvalue weighted by molar-refractivity contribution is 5.81. The molecule has 1 heterocycles. The molecule has 1 aromatic heterocycles. The van der Waals surface area contributed by atoms with E-state index in [-0.39, 0.29) is 12.2 Å². The molecular weight excluding hydrogens is 272 g/mol. The van der Waals surface area contributed by atoms with Gasteiger partial charge in [-0.15, -0.1) is 0 Å². The van der Waals surface area contributed by atoms with E-state index in [2.05, 4.69) is 11.7 Å². The molecule has 0 aliphatic heterocycles. The van der Waals surface area contributed by atoms with Crippen LogP contribution in [0.5, 0.6) is 5.75 Å². The van der Waals surface area contributed by atoms with Crippen molar-refractivity contribution in [1.29, 1.82) is 0 Å². The van der Waals surface area contributed by atoms with Crippen LogP contribution in [0.15, 0.2) is 33.5 Å². The van der Waals surface area contributed by atoms with Gasteiger partial charge >= 0.3 is 11.6 Å². The van der Waals surface area contributed by atoms with Gasteiger partial charge < -0.3 is 13.9 Å². The van der Waals surface area contributed by atoms with Crippen LogP contribution in [0.3, 0.4) is 0 Å². The molecule has 0 bridgehead atoms. The molecule has 0 aliphatic carbocycles. The second kappa shape index (κ2) is 6.92. The van der Waals surface area contributed by atoms with Crippen LogP contribution in [0.25, 0.3) is 11.0 Å². The lowest BCUT2D eigenvalue weighted by molar-refractivity contribution is -0.142. The molecule has 2 aromatic rings. The standard InChI is InChI=1S/C16H18O5/c1-3-4-5-11-8-15(17)21-14-9-12(6-7-13(11)14)20-10-16(18)19-2/h6-9H,3-5,10H2,1-2H3. The molecule has 0 saturated heterocycles. The third-order valence-electron chi connectivity index (χ3n) is 3.19. The number of fused-ring (bicyclic) bond motifs is 1. The minimum Gasteiger partial charge on any atom is -0.482 e. The first-order valence-corrected chi connectivity index (χ1v) is 6.90. The number of hydrogen-bond donors (Lipinski definition) is 0. The average molecular weight is 290 g/mol. The predicted molar refractivity (Wildman–Crippen MR) is 78.6 cm³/mol. The molecule has 2 rings (SSSR count). The van der Waals surface area contributed by atoms with E-state index in [4.69, 9.17) is 9.15 Å². The maximum atomic E-state index is 11.6. The van der Waals surface area contributed by atoms with E-state index < -0.39 is 5.97 Å². The van der Waals surface area contributed by atoms with Crippen LogP contribution in [-0.2, 0) is 16.0 Å². The van der Waals surface area contributed by atoms with Gasteiger partial charge in [0, 0.05) is 17.5 Å². The number of benzene rings is 1. The van der Waals surface area contributed by atoms with Gasteiger partial charge in [-0.25, -0.2) is 9.59 Å². The second-order valence-corrected chi connectivity index (χ2v) is 4.72. The van der Waals surface area contributed by atoms with Gasteiger partial charge in [-0.2, -0.15) is 0 Å². The zero-order valence-corrected chi connectivity index (χ0v) is 12.2. The number of hydrogen-bond acceptors (Lipinski definition) is 5. The number of methoxy groups -OCH3 is 1. The molecule has 5 nitrogen and oxygen atoms in total. The van der Waals surface area contributed by atoms with Crippen LogP contribution in [-0.4, -0.2) is 19.7 Å². The zero-order chi connectivity index (χ0) is 15.2. The summed E-state index contributed by atoms with van der Waals surface area (Å²) in [6.45, 7) is 1.92. The van der Waals surface area contributed by atoms with Crippen molar-refractivity contribution in [3.8, 4) is 5.75 Å². The number of carbonyl (C=O) groups is 1. The fourth-order valence-corrected chi connectivity index (χ4v) is 2.08. The smallest absolute Gasteiger partial charge is 0.343 e. The molecule has 112 valence electrons. The van der Waals surface area contributed by atoms with Crippen LogP contribution in [0, 0.1) is 0 Å². The highest BCUT2D eigenvalue weighted by Gasteiger charge is 2.08. The number of esters is 1. The SMILES string of the molecule is CCCCc1cc(=O)oc2cc(OCC(=O)OC)ccc12. The van der Waals surface area contributed by atoms with Crippen LogP contribution in [0.4, 0.5) is 0 Å². The lowest BCUT2D eigenvalue weighted by Crippen LogP contribution is -2.12. The Kier molecular flexibility index (Phi) is 4.98. The minimum atomic E-state index is -0.465. The van der Waals surface area contributed by atoms with E-state index in [0.717, 1.165) is 30.2 Å². The number of carbonyl (C=O) groups excluding carboxylic acids is 1. The number of aryl methyl sites for hydroxylation is 1. The highest BCUT2D eigenvalue weighted by atomic mass is 16.6. The maximum absolute atomic E-state index is 11.6. The normalized spacial score (nSPS) is 10.6. The van der Waals surface area contributed by atoms with E-state index in [1.807, 2.05) is 6.07 Å². The Bertz CT molecular complexity index is 687. The molecule has 0 saturated carbocycles. The van der Waals surface area contributed by atoms with E-state index in [9.17, 15) is 9.59 Å². The third-order valence-corrected chi connectivity index (χ3v) is 3.19. The molecule has 0 spiro atoms. The minimum absolute atomic E-state index is 0.179. The number of unbranched alkanes of at least 4 members (excludes halogenated alkanes) is 1. The lowest BCUT2D eigenvalue weighted by atomic mass is 10.0. The second-order valence-electron chi connectivity index (χ2n) is 4.72. The van der Waals surface area contributed by atoms with E-state index in [1.165, 1.54) is 13.2 Å². The summed E-state index contributed by atoms with van der Waals surface area (Å²) in [7, 11) is 1.30. The van der Waals surface area contributed by atoms with Crippen molar-refractivity contribution in [2.45, 2.75) is 26.2 Å². The van der Waals surface area contributed by atoms with Gasteiger partial charge in [0.2, 0.25) is 0 Å². The van der Waals surface area contributed by atoms with Crippen molar-refractivity contribution >= 4 is 16.9 Å². The highest BCUT2D eigenvalue weighted by Crippen LogP contribution is 2.23. The third kappa shape index (κ3) is 3.84. The van der Waals surface area contributed by atoms with Crippen molar-refractivity contribution < 1.29 is 18.7 Å². The van der Waals surface area contributed by atoms with E-state index >= 15 is 0 Å².